The van der Waals surface area contributed by atoms with Crippen LogP contribution in [0.5, 0.6) is 0 Å². The molecule has 0 aliphatic heterocycles. The highest BCUT2D eigenvalue weighted by Gasteiger charge is 2.15. The van der Waals surface area contributed by atoms with Crippen molar-refractivity contribution in [3.63, 3.8) is 0 Å². The molecule has 0 N–H and O–H groups in total. The molecule has 2 unspecified atom stereocenters. The minimum atomic E-state index is -0.808. The fraction of sp³-hybridized carbons (Fsp3) is 0.462. The van der Waals surface area contributed by atoms with Crippen LogP contribution in [0.2, 0.25) is 0 Å². The second-order valence-electron chi connectivity index (χ2n) is 4.50. The molecule has 104 valence electrons. The van der Waals surface area contributed by atoms with Gasteiger partial charge < -0.3 is 4.57 Å². The van der Waals surface area contributed by atoms with Gasteiger partial charge in [-0.1, -0.05) is 0 Å². The molecule has 1 aromatic heterocycles. The van der Waals surface area contributed by atoms with Crippen LogP contribution in [-0.4, -0.2) is 25.8 Å². The second kappa shape index (κ2) is 6.01. The van der Waals surface area contributed by atoms with E-state index in [2.05, 4.69) is 4.98 Å². The van der Waals surface area contributed by atoms with Gasteiger partial charge in [-0.05, 0) is 25.5 Å². The maximum Gasteiger partial charge on any atom is 0.127 e. The minimum absolute atomic E-state index is 0.248. The molecule has 0 radical (unpaired) electrons. The summed E-state index contributed by atoms with van der Waals surface area (Å²) in [7, 11) is -0.808. The Morgan fingerprint density at radius 1 is 1.53 bits per heavy atom. The van der Waals surface area contributed by atoms with Crippen LogP contribution < -0.4 is 0 Å². The van der Waals surface area contributed by atoms with Crippen molar-refractivity contribution in [2.24, 2.45) is 0 Å². The summed E-state index contributed by atoms with van der Waals surface area (Å²) in [6.07, 6.45) is 2.47. The summed E-state index contributed by atoms with van der Waals surface area (Å²) in [5.74, 6) is 1.06. The highest BCUT2D eigenvalue weighted by Crippen LogP contribution is 2.25. The average molecular weight is 303 g/mol. The third kappa shape index (κ3) is 3.34. The van der Waals surface area contributed by atoms with Crippen molar-refractivity contribution < 1.29 is 8.60 Å². The van der Waals surface area contributed by atoms with Crippen molar-refractivity contribution in [1.82, 2.24) is 9.55 Å². The van der Waals surface area contributed by atoms with E-state index in [4.69, 9.17) is 11.6 Å². The van der Waals surface area contributed by atoms with Crippen LogP contribution in [0.25, 0.3) is 11.0 Å². The molecule has 1 aromatic carbocycles. The van der Waals surface area contributed by atoms with Crippen LogP contribution in [0.3, 0.4) is 0 Å². The molecule has 2 aromatic rings. The van der Waals surface area contributed by atoms with Gasteiger partial charge in [0.25, 0.3) is 0 Å². The Labute approximate surface area is 119 Å². The van der Waals surface area contributed by atoms with Gasteiger partial charge >= 0.3 is 0 Å². The van der Waals surface area contributed by atoms with Crippen LogP contribution >= 0.6 is 11.6 Å². The average Bonchev–Trinajstić information content (AvgIpc) is 2.67. The molecule has 0 saturated heterocycles. The molecule has 2 rings (SSSR count). The van der Waals surface area contributed by atoms with E-state index in [1.807, 2.05) is 11.5 Å². The van der Waals surface area contributed by atoms with Crippen LogP contribution in [0.15, 0.2) is 18.2 Å². The van der Waals surface area contributed by atoms with Gasteiger partial charge in [-0.3, -0.25) is 4.21 Å². The van der Waals surface area contributed by atoms with Gasteiger partial charge in [-0.2, -0.15) is 0 Å². The molecule has 0 aliphatic carbocycles. The number of hydrogen-bond donors (Lipinski definition) is 0. The highest BCUT2D eigenvalue weighted by atomic mass is 35.5. The first-order valence-corrected chi connectivity index (χ1v) is 8.25. The summed E-state index contributed by atoms with van der Waals surface area (Å²) in [6, 6.07) is 4.54. The van der Waals surface area contributed by atoms with Crippen LogP contribution in [-0.2, 0) is 17.3 Å². The van der Waals surface area contributed by atoms with Crippen molar-refractivity contribution in [3.05, 3.63) is 29.8 Å². The third-order valence-electron chi connectivity index (χ3n) is 2.91. The molecule has 0 spiro atoms. The standard InChI is InChI=1S/C13H16ClFN2OS/c1-9(14)13-16-11-8-10(15)4-5-12(11)17(13)6-3-7-19(2)18/h4-5,8-9H,3,6-7H2,1-2H3. The molecule has 0 amide bonds. The number of alkyl halides is 1. The molecule has 2 atom stereocenters. The summed E-state index contributed by atoms with van der Waals surface area (Å²) < 4.78 is 26.3. The van der Waals surface area contributed by atoms with Crippen molar-refractivity contribution in [3.8, 4) is 0 Å². The first-order chi connectivity index (χ1) is 8.99. The number of fused-ring (bicyclic) bond motifs is 1. The Balaban J connectivity index is 2.37. The van der Waals surface area contributed by atoms with Crippen molar-refractivity contribution in [2.75, 3.05) is 12.0 Å². The largest absolute Gasteiger partial charge is 0.327 e. The number of rotatable bonds is 5. The molecular formula is C13H16ClFN2OS. The maximum atomic E-state index is 13.2. The van der Waals surface area contributed by atoms with E-state index in [1.165, 1.54) is 12.1 Å². The molecule has 0 bridgehead atoms. The Hall–Kier alpha value is -0.940. The van der Waals surface area contributed by atoms with Gasteiger partial charge in [0.1, 0.15) is 11.6 Å². The Bertz CT molecular complexity index is 612. The van der Waals surface area contributed by atoms with E-state index in [0.717, 1.165) is 17.8 Å². The van der Waals surface area contributed by atoms with Gasteiger partial charge in [0.2, 0.25) is 0 Å². The van der Waals surface area contributed by atoms with Crippen molar-refractivity contribution >= 4 is 33.4 Å². The normalized spacial score (nSPS) is 14.7. The van der Waals surface area contributed by atoms with E-state index < -0.39 is 10.8 Å². The van der Waals surface area contributed by atoms with E-state index in [9.17, 15) is 8.60 Å². The van der Waals surface area contributed by atoms with Crippen LogP contribution in [0.4, 0.5) is 4.39 Å². The molecule has 19 heavy (non-hydrogen) atoms. The molecule has 0 fully saturated rings. The SMILES string of the molecule is CC(Cl)c1nc2cc(F)ccc2n1CCCS(C)=O. The predicted octanol–water partition coefficient (Wildman–Crippen LogP) is 3.24. The smallest absolute Gasteiger partial charge is 0.127 e. The molecule has 0 aliphatic rings. The van der Waals surface area contributed by atoms with Gasteiger partial charge in [0.15, 0.2) is 0 Å². The van der Waals surface area contributed by atoms with Crippen LogP contribution in [0, 0.1) is 5.82 Å². The monoisotopic (exact) mass is 302 g/mol. The van der Waals surface area contributed by atoms with Crippen molar-refractivity contribution in [2.45, 2.75) is 25.3 Å². The lowest BCUT2D eigenvalue weighted by molar-refractivity contribution is 0.629. The third-order valence-corrected chi connectivity index (χ3v) is 3.97. The summed E-state index contributed by atoms with van der Waals surface area (Å²) in [6.45, 7) is 2.53. The number of nitrogens with zero attached hydrogens (tertiary/aromatic N) is 2. The van der Waals surface area contributed by atoms with Gasteiger partial charge in [0.05, 0.1) is 16.4 Å². The zero-order chi connectivity index (χ0) is 14.0. The molecule has 1 heterocycles. The minimum Gasteiger partial charge on any atom is -0.327 e. The summed E-state index contributed by atoms with van der Waals surface area (Å²) in [5, 5.41) is -0.248. The number of imidazole rings is 1. The summed E-state index contributed by atoms with van der Waals surface area (Å²) in [4.78, 5) is 4.39. The lowest BCUT2D eigenvalue weighted by Crippen LogP contribution is -2.07. The lowest BCUT2D eigenvalue weighted by atomic mass is 10.3. The van der Waals surface area contributed by atoms with E-state index in [-0.39, 0.29) is 11.2 Å². The molecule has 6 heteroatoms. The second-order valence-corrected chi connectivity index (χ2v) is 6.71. The van der Waals surface area contributed by atoms with Gasteiger partial charge in [0, 0.05) is 35.4 Å². The van der Waals surface area contributed by atoms with E-state index in [0.29, 0.717) is 17.8 Å². The number of benzene rings is 1. The van der Waals surface area contributed by atoms with E-state index >= 15 is 0 Å². The zero-order valence-electron chi connectivity index (χ0n) is 10.9. The highest BCUT2D eigenvalue weighted by molar-refractivity contribution is 7.84. The Morgan fingerprint density at radius 3 is 2.89 bits per heavy atom. The topological polar surface area (TPSA) is 34.9 Å². The van der Waals surface area contributed by atoms with Crippen molar-refractivity contribution in [1.29, 1.82) is 0 Å². The van der Waals surface area contributed by atoms with E-state index in [1.54, 1.807) is 12.3 Å². The molecular weight excluding hydrogens is 287 g/mol. The Morgan fingerprint density at radius 2 is 2.26 bits per heavy atom. The molecule has 3 nitrogen and oxygen atoms in total. The lowest BCUT2D eigenvalue weighted by Gasteiger charge is -2.09. The first-order valence-electron chi connectivity index (χ1n) is 6.09. The maximum absolute atomic E-state index is 13.2. The van der Waals surface area contributed by atoms with Gasteiger partial charge in [-0.25, -0.2) is 9.37 Å². The number of halogens is 2. The number of hydrogen-bond acceptors (Lipinski definition) is 2. The number of aryl methyl sites for hydroxylation is 1. The van der Waals surface area contributed by atoms with Gasteiger partial charge in [-0.15, -0.1) is 11.6 Å². The fourth-order valence-corrected chi connectivity index (χ4v) is 2.79. The van der Waals surface area contributed by atoms with Crippen LogP contribution in [0.1, 0.15) is 24.5 Å². The Kier molecular flexibility index (Phi) is 4.58. The fourth-order valence-electron chi connectivity index (χ4n) is 2.09. The quantitative estimate of drug-likeness (QED) is 0.795. The molecule has 0 saturated carbocycles. The first kappa shape index (κ1) is 14.5. The number of aromatic nitrogens is 2. The predicted molar refractivity (Wildman–Crippen MR) is 77.5 cm³/mol. The zero-order valence-corrected chi connectivity index (χ0v) is 12.5. The summed E-state index contributed by atoms with van der Waals surface area (Å²) >= 11 is 6.12. The summed E-state index contributed by atoms with van der Waals surface area (Å²) in [5.41, 5.74) is 1.48.